The molecule has 0 saturated carbocycles. The number of rotatable bonds is 6. The van der Waals surface area contributed by atoms with E-state index >= 15 is 0 Å². The second-order valence-electron chi connectivity index (χ2n) is 2.14. The minimum absolute atomic E-state index is 0.511. The fourth-order valence-electron chi connectivity index (χ4n) is 0.702. The van der Waals surface area contributed by atoms with Crippen LogP contribution in [0.5, 0.6) is 0 Å². The SMILES string of the molecule is CCO[SiH](COC(C)=S)OCC. The summed E-state index contributed by atoms with van der Waals surface area (Å²) in [5.41, 5.74) is 0. The maximum Gasteiger partial charge on any atom is 0.360 e. The summed E-state index contributed by atoms with van der Waals surface area (Å²) in [6.45, 7) is 7.00. The average Bonchev–Trinajstić information content (AvgIpc) is 2.01. The average molecular weight is 208 g/mol. The van der Waals surface area contributed by atoms with Crippen molar-refractivity contribution in [3.63, 3.8) is 0 Å². The molecule has 0 atom stereocenters. The third-order valence-electron chi connectivity index (χ3n) is 1.13. The highest BCUT2D eigenvalue weighted by molar-refractivity contribution is 7.80. The Hall–Kier alpha value is 0.0269. The van der Waals surface area contributed by atoms with Crippen molar-refractivity contribution in [1.82, 2.24) is 0 Å². The Morgan fingerprint density at radius 1 is 1.25 bits per heavy atom. The third kappa shape index (κ3) is 6.72. The maximum atomic E-state index is 5.36. The molecule has 12 heavy (non-hydrogen) atoms. The molecule has 0 bridgehead atoms. The van der Waals surface area contributed by atoms with Gasteiger partial charge in [0, 0.05) is 20.1 Å². The summed E-state index contributed by atoms with van der Waals surface area (Å²) < 4.78 is 15.9. The Balaban J connectivity index is 3.54. The molecule has 0 heterocycles. The molecule has 0 aromatic rings. The predicted octanol–water partition coefficient (Wildman–Crippen LogP) is 1.18. The van der Waals surface area contributed by atoms with Crippen molar-refractivity contribution in [1.29, 1.82) is 0 Å². The van der Waals surface area contributed by atoms with Gasteiger partial charge in [0.15, 0.2) is 5.05 Å². The van der Waals surface area contributed by atoms with Gasteiger partial charge in [0.05, 0.1) is 0 Å². The molecule has 0 saturated heterocycles. The molecule has 3 nitrogen and oxygen atoms in total. The van der Waals surface area contributed by atoms with Gasteiger partial charge in [-0.25, -0.2) is 0 Å². The largest absolute Gasteiger partial charge is 0.486 e. The zero-order valence-electron chi connectivity index (χ0n) is 7.83. The van der Waals surface area contributed by atoms with Gasteiger partial charge >= 0.3 is 9.28 Å². The van der Waals surface area contributed by atoms with Crippen molar-refractivity contribution in [3.05, 3.63) is 0 Å². The second-order valence-corrected chi connectivity index (χ2v) is 4.58. The molecule has 0 aromatic carbocycles. The van der Waals surface area contributed by atoms with Gasteiger partial charge in [-0.1, -0.05) is 0 Å². The van der Waals surface area contributed by atoms with Crippen LogP contribution in [-0.4, -0.2) is 33.8 Å². The van der Waals surface area contributed by atoms with Crippen LogP contribution >= 0.6 is 12.2 Å². The van der Waals surface area contributed by atoms with Crippen LogP contribution in [0.15, 0.2) is 0 Å². The lowest BCUT2D eigenvalue weighted by atomic mass is 10.9. The van der Waals surface area contributed by atoms with E-state index in [-0.39, 0.29) is 0 Å². The smallest absolute Gasteiger partial charge is 0.360 e. The number of ether oxygens (including phenoxy) is 1. The lowest BCUT2D eigenvalue weighted by Gasteiger charge is -2.14. The molecule has 5 heteroatoms. The van der Waals surface area contributed by atoms with E-state index in [0.717, 1.165) is 0 Å². The quantitative estimate of drug-likeness (QED) is 0.484. The summed E-state index contributed by atoms with van der Waals surface area (Å²) in [7, 11) is -1.60. The van der Waals surface area contributed by atoms with Crippen LogP contribution in [0.4, 0.5) is 0 Å². The van der Waals surface area contributed by atoms with Crippen molar-refractivity contribution in [2.24, 2.45) is 0 Å². The first-order valence-electron chi connectivity index (χ1n) is 4.07. The van der Waals surface area contributed by atoms with Gasteiger partial charge in [-0.3, -0.25) is 0 Å². The van der Waals surface area contributed by atoms with Crippen LogP contribution in [-0.2, 0) is 13.6 Å². The van der Waals surface area contributed by atoms with Crippen molar-refractivity contribution >= 4 is 26.6 Å². The molecule has 72 valence electrons. The Kier molecular flexibility index (Phi) is 7.68. The maximum absolute atomic E-state index is 5.36. The highest BCUT2D eigenvalue weighted by atomic mass is 32.1. The molecule has 0 aromatic heterocycles. The van der Waals surface area contributed by atoms with E-state index in [1.54, 1.807) is 6.92 Å². The molecule has 0 fully saturated rings. The number of hydrogen-bond donors (Lipinski definition) is 0. The van der Waals surface area contributed by atoms with Crippen LogP contribution in [0.1, 0.15) is 20.8 Å². The van der Waals surface area contributed by atoms with E-state index in [2.05, 4.69) is 0 Å². The van der Waals surface area contributed by atoms with Crippen molar-refractivity contribution in [3.8, 4) is 0 Å². The molecule has 0 spiro atoms. The van der Waals surface area contributed by atoms with E-state index in [0.29, 0.717) is 24.5 Å². The van der Waals surface area contributed by atoms with Crippen LogP contribution < -0.4 is 0 Å². The standard InChI is InChI=1S/C7H16O3SSi/c1-4-9-12(10-5-2)6-8-7(3)11/h12H,4-6H2,1-3H3. The Morgan fingerprint density at radius 3 is 2.08 bits per heavy atom. The van der Waals surface area contributed by atoms with Crippen LogP contribution in [0.25, 0.3) is 0 Å². The van der Waals surface area contributed by atoms with Crippen LogP contribution in [0, 0.1) is 0 Å². The van der Waals surface area contributed by atoms with E-state index < -0.39 is 9.28 Å². The summed E-state index contributed by atoms with van der Waals surface area (Å²) in [5, 5.41) is 0.548. The van der Waals surface area contributed by atoms with Gasteiger partial charge in [0.1, 0.15) is 6.23 Å². The van der Waals surface area contributed by atoms with Gasteiger partial charge in [0.2, 0.25) is 0 Å². The lowest BCUT2D eigenvalue weighted by Crippen LogP contribution is -2.30. The van der Waals surface area contributed by atoms with E-state index in [9.17, 15) is 0 Å². The summed E-state index contributed by atoms with van der Waals surface area (Å²) in [6.07, 6.45) is 0.511. The molecule has 0 amide bonds. The van der Waals surface area contributed by atoms with Crippen LogP contribution in [0.2, 0.25) is 0 Å². The van der Waals surface area contributed by atoms with Crippen molar-refractivity contribution < 1.29 is 13.6 Å². The van der Waals surface area contributed by atoms with Gasteiger partial charge in [0.25, 0.3) is 0 Å². The topological polar surface area (TPSA) is 27.7 Å². The molecule has 0 aliphatic carbocycles. The van der Waals surface area contributed by atoms with Crippen molar-refractivity contribution in [2.45, 2.75) is 20.8 Å². The van der Waals surface area contributed by atoms with Gasteiger partial charge < -0.3 is 13.6 Å². The highest BCUT2D eigenvalue weighted by Gasteiger charge is 2.12. The van der Waals surface area contributed by atoms with Crippen LogP contribution in [0.3, 0.4) is 0 Å². The Morgan fingerprint density at radius 2 is 1.75 bits per heavy atom. The minimum Gasteiger partial charge on any atom is -0.486 e. The Bertz CT molecular complexity index is 126. The Labute approximate surface area is 80.9 Å². The monoisotopic (exact) mass is 208 g/mol. The number of hydrogen-bond acceptors (Lipinski definition) is 4. The first kappa shape index (κ1) is 12.0. The predicted molar refractivity (Wildman–Crippen MR) is 54.6 cm³/mol. The fourth-order valence-corrected chi connectivity index (χ4v) is 2.31. The second kappa shape index (κ2) is 7.66. The summed E-state index contributed by atoms with van der Waals surface area (Å²) >= 11 is 4.77. The molecule has 0 unspecified atom stereocenters. The van der Waals surface area contributed by atoms with E-state index in [1.807, 2.05) is 13.8 Å². The third-order valence-corrected chi connectivity index (χ3v) is 3.09. The molecule has 0 N–H and O–H groups in total. The van der Waals surface area contributed by atoms with E-state index in [4.69, 9.17) is 25.8 Å². The van der Waals surface area contributed by atoms with Crippen molar-refractivity contribution in [2.75, 3.05) is 19.4 Å². The fraction of sp³-hybridized carbons (Fsp3) is 0.857. The van der Waals surface area contributed by atoms with Gasteiger partial charge in [-0.2, -0.15) is 0 Å². The molecule has 0 aliphatic heterocycles. The molecular weight excluding hydrogens is 192 g/mol. The number of thiocarbonyl (C=S) groups is 1. The highest BCUT2D eigenvalue weighted by Crippen LogP contribution is 1.92. The zero-order valence-corrected chi connectivity index (χ0v) is 9.80. The zero-order chi connectivity index (χ0) is 9.40. The first-order chi connectivity index (χ1) is 5.70. The molecule has 0 radical (unpaired) electrons. The van der Waals surface area contributed by atoms with Gasteiger partial charge in [-0.15, -0.1) is 0 Å². The van der Waals surface area contributed by atoms with Gasteiger partial charge in [-0.05, 0) is 26.1 Å². The lowest BCUT2D eigenvalue weighted by molar-refractivity contribution is 0.186. The minimum atomic E-state index is -1.60. The summed E-state index contributed by atoms with van der Waals surface area (Å²) in [6, 6.07) is 0. The summed E-state index contributed by atoms with van der Waals surface area (Å²) in [4.78, 5) is 0. The molecule has 0 aliphatic rings. The molecule has 0 rings (SSSR count). The first-order valence-corrected chi connectivity index (χ1v) is 6.24. The molecular formula is C7H16O3SSi. The summed E-state index contributed by atoms with van der Waals surface area (Å²) in [5.74, 6) is 0. The van der Waals surface area contributed by atoms with E-state index in [1.165, 1.54) is 0 Å². The normalized spacial score (nSPS) is 10.3.